The molecule has 2 N–H and O–H groups in total. The van der Waals surface area contributed by atoms with Crippen molar-refractivity contribution >= 4 is 16.7 Å². The maximum absolute atomic E-state index is 12.8. The van der Waals surface area contributed by atoms with Crippen LogP contribution in [0, 0.1) is 0 Å². The second-order valence-electron chi connectivity index (χ2n) is 4.19. The van der Waals surface area contributed by atoms with Gasteiger partial charge >= 0.3 is 0 Å². The van der Waals surface area contributed by atoms with Gasteiger partial charge in [0.15, 0.2) is 0 Å². The van der Waals surface area contributed by atoms with Gasteiger partial charge in [0.25, 0.3) is 6.43 Å². The Morgan fingerprint density at radius 2 is 1.79 bits per heavy atom. The molecule has 0 aromatic heterocycles. The van der Waals surface area contributed by atoms with Gasteiger partial charge in [-0.05, 0) is 28.5 Å². The molecule has 2 aromatic rings. The van der Waals surface area contributed by atoms with Crippen LogP contribution in [0.4, 0.5) is 8.78 Å². The van der Waals surface area contributed by atoms with Gasteiger partial charge in [-0.3, -0.25) is 4.79 Å². The number of hydrogen-bond acceptors (Lipinski definition) is 2. The first kappa shape index (κ1) is 13.3. The Bertz CT molecular complexity index is 613. The number of hydrogen-bond donors (Lipinski definition) is 1. The van der Waals surface area contributed by atoms with Gasteiger partial charge in [0.05, 0.1) is 7.11 Å². The molecular formula is C14H13F2NO2. The van der Waals surface area contributed by atoms with Gasteiger partial charge < -0.3 is 10.5 Å². The summed E-state index contributed by atoms with van der Waals surface area (Å²) in [6, 6.07) is 9.99. The number of rotatable bonds is 4. The van der Waals surface area contributed by atoms with Crippen molar-refractivity contribution in [1.82, 2.24) is 0 Å². The largest absolute Gasteiger partial charge is 0.497 e. The summed E-state index contributed by atoms with van der Waals surface area (Å²) in [5.41, 5.74) is 5.24. The lowest BCUT2D eigenvalue weighted by Crippen LogP contribution is -2.26. The number of nitrogens with two attached hydrogens (primary N) is 1. The minimum Gasteiger partial charge on any atom is -0.497 e. The van der Waals surface area contributed by atoms with Gasteiger partial charge in [-0.15, -0.1) is 0 Å². The third-order valence-corrected chi connectivity index (χ3v) is 2.99. The van der Waals surface area contributed by atoms with Crippen molar-refractivity contribution in [2.24, 2.45) is 5.73 Å². The first-order valence-corrected chi connectivity index (χ1v) is 5.68. The molecule has 0 spiro atoms. The van der Waals surface area contributed by atoms with Gasteiger partial charge in [-0.2, -0.15) is 0 Å². The van der Waals surface area contributed by atoms with Gasteiger partial charge in [-0.25, -0.2) is 8.78 Å². The molecule has 5 heteroatoms. The number of ether oxygens (including phenoxy) is 1. The lowest BCUT2D eigenvalue weighted by Gasteiger charge is -2.13. The Labute approximate surface area is 109 Å². The minimum absolute atomic E-state index is 0.222. The van der Waals surface area contributed by atoms with Crippen LogP contribution in [0.3, 0.4) is 0 Å². The third-order valence-electron chi connectivity index (χ3n) is 2.99. The fourth-order valence-electron chi connectivity index (χ4n) is 2.00. The highest BCUT2D eigenvalue weighted by Crippen LogP contribution is 2.28. The number of halogens is 2. The summed E-state index contributed by atoms with van der Waals surface area (Å²) in [4.78, 5) is 11.1. The number of primary amides is 1. The molecule has 0 saturated carbocycles. The van der Waals surface area contributed by atoms with Gasteiger partial charge in [0.1, 0.15) is 11.7 Å². The zero-order valence-electron chi connectivity index (χ0n) is 10.3. The van der Waals surface area contributed by atoms with E-state index in [0.29, 0.717) is 5.75 Å². The van der Waals surface area contributed by atoms with E-state index in [0.717, 1.165) is 10.8 Å². The number of carbonyl (C=O) groups is 1. The molecule has 0 aliphatic heterocycles. The van der Waals surface area contributed by atoms with Crippen LogP contribution >= 0.6 is 0 Å². The molecule has 3 nitrogen and oxygen atoms in total. The summed E-state index contributed by atoms with van der Waals surface area (Å²) < 4.78 is 30.7. The Morgan fingerprint density at radius 1 is 1.16 bits per heavy atom. The highest BCUT2D eigenvalue weighted by molar-refractivity contribution is 5.88. The fraction of sp³-hybridized carbons (Fsp3) is 0.214. The van der Waals surface area contributed by atoms with Crippen molar-refractivity contribution < 1.29 is 18.3 Å². The Kier molecular flexibility index (Phi) is 3.64. The predicted octanol–water partition coefficient (Wildman–Crippen LogP) is 2.68. The maximum Gasteiger partial charge on any atom is 0.254 e. The normalized spacial score (nSPS) is 12.6. The molecule has 0 radical (unpaired) electrons. The van der Waals surface area contributed by atoms with Gasteiger partial charge in [0.2, 0.25) is 5.91 Å². The predicted molar refractivity (Wildman–Crippen MR) is 68.4 cm³/mol. The monoisotopic (exact) mass is 265 g/mol. The average molecular weight is 265 g/mol. The van der Waals surface area contributed by atoms with E-state index in [9.17, 15) is 13.6 Å². The lowest BCUT2D eigenvalue weighted by atomic mass is 9.96. The molecule has 0 fully saturated rings. The molecule has 1 amide bonds. The van der Waals surface area contributed by atoms with E-state index in [2.05, 4.69) is 0 Å². The first-order chi connectivity index (χ1) is 9.02. The summed E-state index contributed by atoms with van der Waals surface area (Å²) in [5.74, 6) is -1.92. The highest BCUT2D eigenvalue weighted by atomic mass is 19.3. The highest BCUT2D eigenvalue weighted by Gasteiger charge is 2.28. The van der Waals surface area contributed by atoms with E-state index < -0.39 is 18.3 Å². The molecule has 100 valence electrons. The standard InChI is InChI=1S/C14H13F2NO2/c1-19-11-5-4-8-6-10(3-2-9(8)7-11)12(13(15)16)14(17)18/h2-7,12-13H,1H3,(H2,17,18). The van der Waals surface area contributed by atoms with Crippen LogP contribution in [-0.4, -0.2) is 19.4 Å². The summed E-state index contributed by atoms with van der Waals surface area (Å²) >= 11 is 0. The van der Waals surface area contributed by atoms with Crippen molar-refractivity contribution in [3.63, 3.8) is 0 Å². The molecular weight excluding hydrogens is 252 g/mol. The van der Waals surface area contributed by atoms with E-state index >= 15 is 0 Å². The van der Waals surface area contributed by atoms with Crippen LogP contribution in [-0.2, 0) is 4.79 Å². The summed E-state index contributed by atoms with van der Waals surface area (Å²) in [5, 5.41) is 1.60. The van der Waals surface area contributed by atoms with Gasteiger partial charge in [-0.1, -0.05) is 24.3 Å². The molecule has 0 heterocycles. The fourth-order valence-corrected chi connectivity index (χ4v) is 2.00. The van der Waals surface area contributed by atoms with Crippen molar-refractivity contribution in [2.75, 3.05) is 7.11 Å². The van der Waals surface area contributed by atoms with E-state index in [1.165, 1.54) is 6.07 Å². The Hall–Kier alpha value is -2.17. The van der Waals surface area contributed by atoms with Gasteiger partial charge in [0, 0.05) is 0 Å². The number of benzene rings is 2. The molecule has 0 aliphatic rings. The minimum atomic E-state index is -2.81. The van der Waals surface area contributed by atoms with Crippen LogP contribution in [0.2, 0.25) is 0 Å². The molecule has 1 unspecified atom stereocenters. The van der Waals surface area contributed by atoms with E-state index in [-0.39, 0.29) is 5.56 Å². The number of fused-ring (bicyclic) bond motifs is 1. The molecule has 0 saturated heterocycles. The number of amides is 1. The van der Waals surface area contributed by atoms with E-state index in [1.54, 1.807) is 37.4 Å². The zero-order valence-corrected chi connectivity index (χ0v) is 10.3. The summed E-state index contributed by atoms with van der Waals surface area (Å²) in [6.45, 7) is 0. The summed E-state index contributed by atoms with van der Waals surface area (Å²) in [7, 11) is 1.55. The molecule has 19 heavy (non-hydrogen) atoms. The number of alkyl halides is 2. The maximum atomic E-state index is 12.8. The Balaban J connectivity index is 2.49. The molecule has 2 rings (SSSR count). The van der Waals surface area contributed by atoms with Crippen molar-refractivity contribution in [3.8, 4) is 5.75 Å². The number of carbonyl (C=O) groups excluding carboxylic acids is 1. The molecule has 2 aromatic carbocycles. The van der Waals surface area contributed by atoms with Crippen molar-refractivity contribution in [3.05, 3.63) is 42.0 Å². The Morgan fingerprint density at radius 3 is 2.37 bits per heavy atom. The van der Waals surface area contributed by atoms with E-state index in [4.69, 9.17) is 10.5 Å². The first-order valence-electron chi connectivity index (χ1n) is 5.68. The molecule has 1 atom stereocenters. The SMILES string of the molecule is COc1ccc2cc(C(C(N)=O)C(F)F)ccc2c1. The van der Waals surface area contributed by atoms with Crippen LogP contribution in [0.5, 0.6) is 5.75 Å². The second kappa shape index (κ2) is 5.22. The lowest BCUT2D eigenvalue weighted by molar-refractivity contribution is -0.122. The summed E-state index contributed by atoms with van der Waals surface area (Å²) in [6.07, 6.45) is -2.81. The zero-order chi connectivity index (χ0) is 14.0. The van der Waals surface area contributed by atoms with Crippen molar-refractivity contribution in [1.29, 1.82) is 0 Å². The topological polar surface area (TPSA) is 52.3 Å². The smallest absolute Gasteiger partial charge is 0.254 e. The molecule has 0 aliphatic carbocycles. The van der Waals surface area contributed by atoms with Crippen LogP contribution in [0.25, 0.3) is 10.8 Å². The average Bonchev–Trinajstić information content (AvgIpc) is 2.37. The third kappa shape index (κ3) is 2.65. The van der Waals surface area contributed by atoms with Crippen molar-refractivity contribution in [2.45, 2.75) is 12.3 Å². The van der Waals surface area contributed by atoms with Crippen LogP contribution in [0.15, 0.2) is 36.4 Å². The number of methoxy groups -OCH3 is 1. The molecule has 0 bridgehead atoms. The second-order valence-corrected chi connectivity index (χ2v) is 4.19. The van der Waals surface area contributed by atoms with Crippen LogP contribution in [0.1, 0.15) is 11.5 Å². The van der Waals surface area contributed by atoms with Crippen LogP contribution < -0.4 is 10.5 Å². The van der Waals surface area contributed by atoms with E-state index in [1.807, 2.05) is 0 Å². The quantitative estimate of drug-likeness (QED) is 0.924.